The van der Waals surface area contributed by atoms with Crippen LogP contribution in [0.3, 0.4) is 0 Å². The van der Waals surface area contributed by atoms with Gasteiger partial charge in [0, 0.05) is 16.8 Å². The SMILES string of the molecule is CCc1cc(C(F)(C(F)(F)F)C(F)(F)F)cc(C)c1NC(=O)c1ccc(CN2C(=O)c3ccccc3C2=O)cc1. The van der Waals surface area contributed by atoms with Crippen molar-refractivity contribution in [2.24, 2.45) is 0 Å². The molecule has 1 heterocycles. The standard InChI is InChI=1S/C28H21F7N2O3/c1-3-17-13-19(26(29,27(30,31)32)28(33,34)35)12-15(2)22(17)36-23(38)18-10-8-16(9-11-18)14-37-24(39)20-6-4-5-7-21(20)25(37)40/h4-13H,3,14H2,1-2H3,(H,36,38). The molecular formula is C28H21F7N2O3. The predicted octanol–water partition coefficient (Wildman–Crippen LogP) is 6.90. The lowest BCUT2D eigenvalue weighted by molar-refractivity contribution is -0.348. The maximum Gasteiger partial charge on any atom is 0.435 e. The van der Waals surface area contributed by atoms with Gasteiger partial charge in [-0.05, 0) is 60.4 Å². The molecule has 0 aliphatic carbocycles. The summed E-state index contributed by atoms with van der Waals surface area (Å²) in [5.74, 6) is -1.64. The van der Waals surface area contributed by atoms with Crippen molar-refractivity contribution in [3.05, 3.63) is 99.6 Å². The molecule has 4 rings (SSSR count). The predicted molar refractivity (Wildman–Crippen MR) is 130 cm³/mol. The van der Waals surface area contributed by atoms with E-state index in [9.17, 15) is 45.1 Å². The fourth-order valence-electron chi connectivity index (χ4n) is 4.52. The van der Waals surface area contributed by atoms with Crippen LogP contribution < -0.4 is 5.32 Å². The molecule has 1 aliphatic rings. The van der Waals surface area contributed by atoms with E-state index in [1.54, 1.807) is 24.3 Å². The van der Waals surface area contributed by atoms with Gasteiger partial charge in [-0.1, -0.05) is 37.3 Å². The summed E-state index contributed by atoms with van der Waals surface area (Å²) in [6, 6.07) is 13.0. The number of hydrogen-bond donors (Lipinski definition) is 1. The zero-order valence-corrected chi connectivity index (χ0v) is 21.0. The van der Waals surface area contributed by atoms with E-state index < -0.39 is 41.3 Å². The van der Waals surface area contributed by atoms with Gasteiger partial charge in [-0.25, -0.2) is 4.39 Å². The highest BCUT2D eigenvalue weighted by Gasteiger charge is 2.73. The molecule has 0 fully saturated rings. The number of alkyl halides is 7. The first kappa shape index (κ1) is 28.8. The number of amides is 3. The molecule has 1 N–H and O–H groups in total. The summed E-state index contributed by atoms with van der Waals surface area (Å²) in [4.78, 5) is 39.1. The topological polar surface area (TPSA) is 66.5 Å². The van der Waals surface area contributed by atoms with E-state index in [0.29, 0.717) is 17.7 Å². The number of rotatable bonds is 6. The average Bonchev–Trinajstić information content (AvgIpc) is 3.13. The zero-order valence-electron chi connectivity index (χ0n) is 21.0. The molecule has 5 nitrogen and oxygen atoms in total. The van der Waals surface area contributed by atoms with Crippen LogP contribution in [0.1, 0.15) is 60.3 Å². The van der Waals surface area contributed by atoms with Crippen LogP contribution in [0.2, 0.25) is 0 Å². The monoisotopic (exact) mass is 566 g/mol. The Labute approximate surface area is 223 Å². The molecule has 0 spiro atoms. The Morgan fingerprint density at radius 2 is 1.35 bits per heavy atom. The molecule has 1 aliphatic heterocycles. The summed E-state index contributed by atoms with van der Waals surface area (Å²) in [5.41, 5.74) is -6.40. The van der Waals surface area contributed by atoms with Crippen LogP contribution in [0.5, 0.6) is 0 Å². The van der Waals surface area contributed by atoms with Crippen LogP contribution in [0.25, 0.3) is 0 Å². The number of imide groups is 1. The van der Waals surface area contributed by atoms with Gasteiger partial charge in [-0.2, -0.15) is 26.3 Å². The fraction of sp³-hybridized carbons (Fsp3) is 0.250. The number of nitrogens with zero attached hydrogens (tertiary/aromatic N) is 1. The molecule has 0 atom stereocenters. The van der Waals surface area contributed by atoms with E-state index in [2.05, 4.69) is 5.32 Å². The lowest BCUT2D eigenvalue weighted by Gasteiger charge is -2.31. The minimum Gasteiger partial charge on any atom is -0.321 e. The second-order valence-electron chi connectivity index (χ2n) is 9.23. The van der Waals surface area contributed by atoms with Gasteiger partial charge in [0.2, 0.25) is 0 Å². The Hall–Kier alpha value is -4.22. The van der Waals surface area contributed by atoms with E-state index >= 15 is 0 Å². The minimum atomic E-state index is -6.26. The number of halogens is 7. The lowest BCUT2D eigenvalue weighted by Crippen LogP contribution is -2.50. The zero-order chi connectivity index (χ0) is 29.6. The Kier molecular flexibility index (Phi) is 7.24. The maximum atomic E-state index is 14.6. The molecule has 3 aromatic carbocycles. The normalized spacial score (nSPS) is 14.0. The first-order valence-electron chi connectivity index (χ1n) is 11.9. The highest BCUT2D eigenvalue weighted by Crippen LogP contribution is 2.54. The van der Waals surface area contributed by atoms with Crippen molar-refractivity contribution in [2.45, 2.75) is 44.8 Å². The summed E-state index contributed by atoms with van der Waals surface area (Å²) in [7, 11) is 0. The van der Waals surface area contributed by atoms with Gasteiger partial charge in [0.25, 0.3) is 17.7 Å². The minimum absolute atomic E-state index is 0.0435. The third kappa shape index (κ3) is 4.82. The van der Waals surface area contributed by atoms with Crippen molar-refractivity contribution < 1.29 is 45.1 Å². The molecule has 0 radical (unpaired) electrons. The first-order chi connectivity index (χ1) is 18.6. The molecule has 0 bridgehead atoms. The van der Waals surface area contributed by atoms with Gasteiger partial charge < -0.3 is 5.32 Å². The quantitative estimate of drug-likeness (QED) is 0.261. The smallest absolute Gasteiger partial charge is 0.321 e. The largest absolute Gasteiger partial charge is 0.435 e. The number of benzene rings is 3. The van der Waals surface area contributed by atoms with Crippen molar-refractivity contribution in [3.63, 3.8) is 0 Å². The van der Waals surface area contributed by atoms with Crippen LogP contribution in [0.4, 0.5) is 36.4 Å². The van der Waals surface area contributed by atoms with Crippen LogP contribution >= 0.6 is 0 Å². The number of aryl methyl sites for hydroxylation is 2. The van der Waals surface area contributed by atoms with E-state index in [4.69, 9.17) is 0 Å². The third-order valence-corrected chi connectivity index (χ3v) is 6.65. The number of anilines is 1. The van der Waals surface area contributed by atoms with Gasteiger partial charge in [0.1, 0.15) is 0 Å². The molecule has 0 saturated heterocycles. The third-order valence-electron chi connectivity index (χ3n) is 6.65. The first-order valence-corrected chi connectivity index (χ1v) is 11.9. The molecule has 0 unspecified atom stereocenters. The average molecular weight is 566 g/mol. The second-order valence-corrected chi connectivity index (χ2v) is 9.23. The van der Waals surface area contributed by atoms with Gasteiger partial charge in [0.15, 0.2) is 0 Å². The van der Waals surface area contributed by atoms with E-state index in [1.807, 2.05) is 0 Å². The van der Waals surface area contributed by atoms with Crippen LogP contribution in [-0.4, -0.2) is 35.0 Å². The second kappa shape index (κ2) is 10.1. The fourth-order valence-corrected chi connectivity index (χ4v) is 4.52. The number of carbonyl (C=O) groups is 3. The van der Waals surface area contributed by atoms with Crippen molar-refractivity contribution in [3.8, 4) is 0 Å². The maximum absolute atomic E-state index is 14.6. The highest BCUT2D eigenvalue weighted by atomic mass is 19.4. The number of nitrogens with one attached hydrogen (secondary N) is 1. The molecule has 210 valence electrons. The Bertz CT molecular complexity index is 1450. The molecule has 12 heteroatoms. The van der Waals surface area contributed by atoms with Gasteiger partial charge in [-0.15, -0.1) is 0 Å². The number of carbonyl (C=O) groups excluding carboxylic acids is 3. The van der Waals surface area contributed by atoms with Crippen LogP contribution in [0, 0.1) is 6.92 Å². The summed E-state index contributed by atoms with van der Waals surface area (Å²) < 4.78 is 94.1. The molecule has 3 aromatic rings. The van der Waals surface area contributed by atoms with Gasteiger partial charge in [-0.3, -0.25) is 19.3 Å². The lowest BCUT2D eigenvalue weighted by atomic mass is 9.89. The van der Waals surface area contributed by atoms with Crippen molar-refractivity contribution in [1.29, 1.82) is 0 Å². The van der Waals surface area contributed by atoms with E-state index in [0.717, 1.165) is 11.8 Å². The van der Waals surface area contributed by atoms with Crippen molar-refractivity contribution in [1.82, 2.24) is 4.90 Å². The molecule has 0 saturated carbocycles. The molecule has 40 heavy (non-hydrogen) atoms. The summed E-state index contributed by atoms with van der Waals surface area (Å²) in [6.07, 6.45) is -12.6. The summed E-state index contributed by atoms with van der Waals surface area (Å²) in [5, 5.41) is 2.48. The van der Waals surface area contributed by atoms with Crippen molar-refractivity contribution >= 4 is 23.4 Å². The van der Waals surface area contributed by atoms with Gasteiger partial charge >= 0.3 is 18.0 Å². The summed E-state index contributed by atoms with van der Waals surface area (Å²) in [6.45, 7) is 2.54. The van der Waals surface area contributed by atoms with E-state index in [-0.39, 0.29) is 46.5 Å². The van der Waals surface area contributed by atoms with Gasteiger partial charge in [0.05, 0.1) is 17.7 Å². The number of hydrogen-bond acceptors (Lipinski definition) is 3. The van der Waals surface area contributed by atoms with Crippen molar-refractivity contribution in [2.75, 3.05) is 5.32 Å². The van der Waals surface area contributed by atoms with Crippen LogP contribution in [0.15, 0.2) is 60.7 Å². The Morgan fingerprint density at radius 1 is 0.825 bits per heavy atom. The highest BCUT2D eigenvalue weighted by molar-refractivity contribution is 6.21. The molecular weight excluding hydrogens is 545 g/mol. The molecule has 3 amide bonds. The summed E-state index contributed by atoms with van der Waals surface area (Å²) >= 11 is 0. The Morgan fingerprint density at radius 3 is 1.82 bits per heavy atom. The number of fused-ring (bicyclic) bond motifs is 1. The van der Waals surface area contributed by atoms with Crippen LogP contribution in [-0.2, 0) is 18.6 Å². The Balaban J connectivity index is 1.55. The van der Waals surface area contributed by atoms with E-state index in [1.165, 1.54) is 31.2 Å². The molecule has 0 aromatic heterocycles.